The van der Waals surface area contributed by atoms with Crippen LogP contribution >= 0.6 is 0 Å². The summed E-state index contributed by atoms with van der Waals surface area (Å²) in [5.41, 5.74) is 1.38. The minimum Gasteiger partial charge on any atom is -0.491 e. The number of ether oxygens (including phenoxy) is 2. The van der Waals surface area contributed by atoms with Crippen LogP contribution in [0.1, 0.15) is 31.7 Å². The largest absolute Gasteiger partial charge is 0.491 e. The van der Waals surface area contributed by atoms with Crippen LogP contribution < -0.4 is 4.74 Å². The highest BCUT2D eigenvalue weighted by Crippen LogP contribution is 2.17. The molecule has 1 aromatic carbocycles. The first-order chi connectivity index (χ1) is 7.88. The first kappa shape index (κ1) is 11.5. The van der Waals surface area contributed by atoms with Crippen molar-refractivity contribution in [2.45, 2.75) is 38.7 Å². The fraction of sp³-hybridized carbons (Fsp3) is 0.571. The Morgan fingerprint density at radius 3 is 3.00 bits per heavy atom. The number of epoxide rings is 1. The van der Waals surface area contributed by atoms with Gasteiger partial charge in [-0.2, -0.15) is 0 Å². The SMILES string of the molecule is CCCCCc1cccc(OCC2CO2)c1. The average molecular weight is 220 g/mol. The molecule has 0 amide bonds. The Labute approximate surface area is 97.6 Å². The van der Waals surface area contributed by atoms with E-state index in [0.29, 0.717) is 12.7 Å². The second-order valence-electron chi connectivity index (χ2n) is 4.37. The van der Waals surface area contributed by atoms with Crippen molar-refractivity contribution in [2.24, 2.45) is 0 Å². The lowest BCUT2D eigenvalue weighted by Crippen LogP contribution is -2.04. The molecule has 0 aromatic heterocycles. The van der Waals surface area contributed by atoms with Crippen molar-refractivity contribution in [3.63, 3.8) is 0 Å². The maximum Gasteiger partial charge on any atom is 0.119 e. The maximum absolute atomic E-state index is 5.65. The third-order valence-electron chi connectivity index (χ3n) is 2.81. The number of benzene rings is 1. The summed E-state index contributed by atoms with van der Waals surface area (Å²) in [4.78, 5) is 0. The lowest BCUT2D eigenvalue weighted by Gasteiger charge is -2.06. The van der Waals surface area contributed by atoms with Gasteiger partial charge in [0.15, 0.2) is 0 Å². The summed E-state index contributed by atoms with van der Waals surface area (Å²) < 4.78 is 10.8. The Morgan fingerprint density at radius 2 is 2.25 bits per heavy atom. The third kappa shape index (κ3) is 3.86. The van der Waals surface area contributed by atoms with Gasteiger partial charge in [0, 0.05) is 0 Å². The second kappa shape index (κ2) is 5.90. The molecule has 0 saturated carbocycles. The van der Waals surface area contributed by atoms with Crippen molar-refractivity contribution in [3.8, 4) is 5.75 Å². The summed E-state index contributed by atoms with van der Waals surface area (Å²) in [7, 11) is 0. The third-order valence-corrected chi connectivity index (χ3v) is 2.81. The Balaban J connectivity index is 1.80. The van der Waals surface area contributed by atoms with Gasteiger partial charge in [-0.1, -0.05) is 31.9 Å². The zero-order chi connectivity index (χ0) is 11.2. The molecule has 0 aliphatic carbocycles. The van der Waals surface area contributed by atoms with E-state index in [1.54, 1.807) is 0 Å². The minimum atomic E-state index is 0.337. The van der Waals surface area contributed by atoms with Crippen LogP contribution in [-0.2, 0) is 11.2 Å². The van der Waals surface area contributed by atoms with Crippen molar-refractivity contribution < 1.29 is 9.47 Å². The van der Waals surface area contributed by atoms with Crippen molar-refractivity contribution in [1.82, 2.24) is 0 Å². The predicted octanol–water partition coefficient (Wildman–Crippen LogP) is 3.20. The Bertz CT molecular complexity index is 318. The van der Waals surface area contributed by atoms with E-state index >= 15 is 0 Å². The number of unbranched alkanes of at least 4 members (excludes halogenated alkanes) is 2. The van der Waals surface area contributed by atoms with Gasteiger partial charge < -0.3 is 9.47 Å². The quantitative estimate of drug-likeness (QED) is 0.520. The Kier molecular flexibility index (Phi) is 4.23. The van der Waals surface area contributed by atoms with Gasteiger partial charge >= 0.3 is 0 Å². The molecule has 0 spiro atoms. The summed E-state index contributed by atoms with van der Waals surface area (Å²) in [5, 5.41) is 0. The Morgan fingerprint density at radius 1 is 1.38 bits per heavy atom. The highest BCUT2D eigenvalue weighted by Gasteiger charge is 2.22. The lowest BCUT2D eigenvalue weighted by atomic mass is 10.1. The van der Waals surface area contributed by atoms with Crippen molar-refractivity contribution in [1.29, 1.82) is 0 Å². The molecule has 1 fully saturated rings. The lowest BCUT2D eigenvalue weighted by molar-refractivity contribution is 0.263. The van der Waals surface area contributed by atoms with Gasteiger partial charge in [-0.3, -0.25) is 0 Å². The minimum absolute atomic E-state index is 0.337. The summed E-state index contributed by atoms with van der Waals surface area (Å²) in [6.45, 7) is 3.78. The second-order valence-corrected chi connectivity index (χ2v) is 4.37. The molecule has 1 aliphatic rings. The first-order valence-electron chi connectivity index (χ1n) is 6.22. The molecule has 0 bridgehead atoms. The zero-order valence-electron chi connectivity index (χ0n) is 9.95. The summed E-state index contributed by atoms with van der Waals surface area (Å²) in [6, 6.07) is 8.42. The van der Waals surface area contributed by atoms with Crippen molar-refractivity contribution in [2.75, 3.05) is 13.2 Å². The van der Waals surface area contributed by atoms with Crippen LogP contribution in [0.15, 0.2) is 24.3 Å². The molecule has 2 nitrogen and oxygen atoms in total. The van der Waals surface area contributed by atoms with Crippen LogP contribution in [0.3, 0.4) is 0 Å². The fourth-order valence-electron chi connectivity index (χ4n) is 1.72. The predicted molar refractivity (Wildman–Crippen MR) is 64.9 cm³/mol. The van der Waals surface area contributed by atoms with Gasteiger partial charge in [0.2, 0.25) is 0 Å². The van der Waals surface area contributed by atoms with E-state index in [0.717, 1.165) is 18.8 Å². The smallest absolute Gasteiger partial charge is 0.119 e. The number of hydrogen-bond acceptors (Lipinski definition) is 2. The molecule has 1 heterocycles. The van der Waals surface area contributed by atoms with E-state index in [1.165, 1.54) is 24.8 Å². The summed E-state index contributed by atoms with van der Waals surface area (Å²) in [5.74, 6) is 0.976. The summed E-state index contributed by atoms with van der Waals surface area (Å²) in [6.07, 6.45) is 5.34. The van der Waals surface area contributed by atoms with E-state index in [4.69, 9.17) is 9.47 Å². The fourth-order valence-corrected chi connectivity index (χ4v) is 1.72. The number of aryl methyl sites for hydroxylation is 1. The van der Waals surface area contributed by atoms with Gasteiger partial charge in [-0.25, -0.2) is 0 Å². The van der Waals surface area contributed by atoms with Gasteiger partial charge in [-0.05, 0) is 30.5 Å². The molecule has 2 heteroatoms. The molecular formula is C14H20O2. The van der Waals surface area contributed by atoms with Gasteiger partial charge in [0.1, 0.15) is 18.5 Å². The van der Waals surface area contributed by atoms with Crippen LogP contribution in [0, 0.1) is 0 Å². The van der Waals surface area contributed by atoms with E-state index in [-0.39, 0.29) is 0 Å². The Hall–Kier alpha value is -1.02. The summed E-state index contributed by atoms with van der Waals surface area (Å²) >= 11 is 0. The van der Waals surface area contributed by atoms with E-state index in [2.05, 4.69) is 25.1 Å². The van der Waals surface area contributed by atoms with Crippen LogP contribution in [0.4, 0.5) is 0 Å². The molecule has 1 saturated heterocycles. The normalized spacial score (nSPS) is 18.4. The number of hydrogen-bond donors (Lipinski definition) is 0. The molecule has 1 aliphatic heterocycles. The highest BCUT2D eigenvalue weighted by molar-refractivity contribution is 5.28. The molecular weight excluding hydrogens is 200 g/mol. The number of rotatable bonds is 7. The topological polar surface area (TPSA) is 21.8 Å². The van der Waals surface area contributed by atoms with Crippen LogP contribution in [0.2, 0.25) is 0 Å². The molecule has 1 aromatic rings. The van der Waals surface area contributed by atoms with Crippen LogP contribution in [0.5, 0.6) is 5.75 Å². The van der Waals surface area contributed by atoms with E-state index in [1.807, 2.05) is 6.07 Å². The monoisotopic (exact) mass is 220 g/mol. The van der Waals surface area contributed by atoms with Gasteiger partial charge in [-0.15, -0.1) is 0 Å². The molecule has 0 radical (unpaired) electrons. The van der Waals surface area contributed by atoms with Crippen LogP contribution in [-0.4, -0.2) is 19.3 Å². The van der Waals surface area contributed by atoms with Gasteiger partial charge in [0.05, 0.1) is 6.61 Å². The maximum atomic E-state index is 5.65. The standard InChI is InChI=1S/C14H20O2/c1-2-3-4-6-12-7-5-8-13(9-12)15-10-14-11-16-14/h5,7-9,14H,2-4,6,10-11H2,1H3. The first-order valence-corrected chi connectivity index (χ1v) is 6.22. The zero-order valence-corrected chi connectivity index (χ0v) is 9.95. The van der Waals surface area contributed by atoms with E-state index < -0.39 is 0 Å². The molecule has 88 valence electrons. The van der Waals surface area contributed by atoms with E-state index in [9.17, 15) is 0 Å². The molecule has 2 rings (SSSR count). The highest BCUT2D eigenvalue weighted by atomic mass is 16.6. The molecule has 1 unspecified atom stereocenters. The molecule has 16 heavy (non-hydrogen) atoms. The molecule has 1 atom stereocenters. The molecule has 0 N–H and O–H groups in total. The average Bonchev–Trinajstić information content (AvgIpc) is 3.11. The van der Waals surface area contributed by atoms with Crippen molar-refractivity contribution >= 4 is 0 Å². The van der Waals surface area contributed by atoms with Gasteiger partial charge in [0.25, 0.3) is 0 Å². The van der Waals surface area contributed by atoms with Crippen LogP contribution in [0.25, 0.3) is 0 Å². The van der Waals surface area contributed by atoms with Crippen molar-refractivity contribution in [3.05, 3.63) is 29.8 Å².